The summed E-state index contributed by atoms with van der Waals surface area (Å²) < 4.78 is 0. The summed E-state index contributed by atoms with van der Waals surface area (Å²) in [4.78, 5) is 0. The van der Waals surface area contributed by atoms with Gasteiger partial charge in [0.15, 0.2) is 0 Å². The third-order valence-electron chi connectivity index (χ3n) is 3.92. The number of hydrogen-bond acceptors (Lipinski definition) is 2. The number of phenolic OH excluding ortho intramolecular Hbond substituents is 1. The smallest absolute Gasteiger partial charge is 0.120 e. The lowest BCUT2D eigenvalue weighted by atomic mass is 9.88. The summed E-state index contributed by atoms with van der Waals surface area (Å²) in [5.41, 5.74) is 3.92. The van der Waals surface area contributed by atoms with Crippen LogP contribution in [0.1, 0.15) is 23.1 Å². The molecule has 0 spiro atoms. The number of rotatable bonds is 3. The summed E-state index contributed by atoms with van der Waals surface area (Å²) in [5, 5.41) is 13.3. The zero-order valence-electron chi connectivity index (χ0n) is 11.0. The van der Waals surface area contributed by atoms with Crippen LogP contribution in [0.2, 0.25) is 0 Å². The van der Waals surface area contributed by atoms with Gasteiger partial charge in [-0.25, -0.2) is 0 Å². The van der Waals surface area contributed by atoms with Gasteiger partial charge in [0.2, 0.25) is 0 Å². The van der Waals surface area contributed by atoms with E-state index in [0.29, 0.717) is 11.8 Å². The molecule has 2 N–H and O–H groups in total. The van der Waals surface area contributed by atoms with Crippen LogP contribution in [0.5, 0.6) is 5.75 Å². The van der Waals surface area contributed by atoms with Crippen molar-refractivity contribution in [2.75, 3.05) is 0 Å². The highest BCUT2D eigenvalue weighted by molar-refractivity contribution is 5.32. The van der Waals surface area contributed by atoms with Gasteiger partial charge in [-0.15, -0.1) is 0 Å². The number of aryl methyl sites for hydroxylation is 1. The molecule has 2 aromatic carbocycles. The number of para-hydroxylation sites is 1. The fourth-order valence-electron chi connectivity index (χ4n) is 2.79. The molecule has 1 aliphatic carbocycles. The number of phenols is 1. The summed E-state index contributed by atoms with van der Waals surface area (Å²) in [6.07, 6.45) is 3.41. The minimum Gasteiger partial charge on any atom is -0.508 e. The van der Waals surface area contributed by atoms with E-state index >= 15 is 0 Å². The van der Waals surface area contributed by atoms with Crippen LogP contribution in [-0.2, 0) is 19.4 Å². The predicted octanol–water partition coefficient (Wildman–Crippen LogP) is 3.04. The molecule has 0 aromatic heterocycles. The van der Waals surface area contributed by atoms with Crippen molar-refractivity contribution in [3.8, 4) is 5.75 Å². The Balaban J connectivity index is 1.62. The molecule has 0 saturated carbocycles. The molecule has 1 atom stereocenters. The van der Waals surface area contributed by atoms with Crippen molar-refractivity contribution in [2.45, 2.75) is 31.8 Å². The number of hydrogen-bond donors (Lipinski definition) is 2. The van der Waals surface area contributed by atoms with Gasteiger partial charge in [0.1, 0.15) is 5.75 Å². The Bertz CT molecular complexity index is 565. The summed E-state index contributed by atoms with van der Waals surface area (Å²) in [5.74, 6) is 0.381. The predicted molar refractivity (Wildman–Crippen MR) is 77.2 cm³/mol. The molecule has 0 fully saturated rings. The Kier molecular flexibility index (Phi) is 3.51. The van der Waals surface area contributed by atoms with Crippen molar-refractivity contribution in [2.24, 2.45) is 0 Å². The molecule has 2 aromatic rings. The minimum absolute atomic E-state index is 0.381. The molecular weight excluding hydrogens is 234 g/mol. The van der Waals surface area contributed by atoms with Gasteiger partial charge in [-0.2, -0.15) is 0 Å². The fourth-order valence-corrected chi connectivity index (χ4v) is 2.79. The van der Waals surface area contributed by atoms with E-state index in [1.807, 2.05) is 18.2 Å². The van der Waals surface area contributed by atoms with Gasteiger partial charge in [-0.3, -0.25) is 0 Å². The molecule has 19 heavy (non-hydrogen) atoms. The highest BCUT2D eigenvalue weighted by Gasteiger charge is 2.17. The monoisotopic (exact) mass is 253 g/mol. The average Bonchev–Trinajstić information content (AvgIpc) is 2.46. The first-order valence-corrected chi connectivity index (χ1v) is 6.90. The first-order valence-electron chi connectivity index (χ1n) is 6.90. The zero-order chi connectivity index (χ0) is 13.1. The first kappa shape index (κ1) is 12.2. The Morgan fingerprint density at radius 2 is 1.74 bits per heavy atom. The Morgan fingerprint density at radius 3 is 2.58 bits per heavy atom. The highest BCUT2D eigenvalue weighted by atomic mass is 16.3. The molecule has 0 radical (unpaired) electrons. The summed E-state index contributed by atoms with van der Waals surface area (Å²) in [6.45, 7) is 0.736. The molecule has 98 valence electrons. The maximum atomic E-state index is 9.76. The van der Waals surface area contributed by atoms with E-state index in [1.165, 1.54) is 17.5 Å². The normalized spacial score (nSPS) is 18.0. The summed E-state index contributed by atoms with van der Waals surface area (Å²) >= 11 is 0. The second-order valence-electron chi connectivity index (χ2n) is 5.22. The molecule has 2 nitrogen and oxygen atoms in total. The minimum atomic E-state index is 0.381. The molecule has 0 aliphatic heterocycles. The van der Waals surface area contributed by atoms with Gasteiger partial charge in [0, 0.05) is 18.2 Å². The Morgan fingerprint density at radius 1 is 1.00 bits per heavy atom. The molecule has 0 bridgehead atoms. The largest absolute Gasteiger partial charge is 0.508 e. The Hall–Kier alpha value is -1.80. The molecule has 3 rings (SSSR count). The van der Waals surface area contributed by atoms with E-state index in [1.54, 1.807) is 6.07 Å². The van der Waals surface area contributed by atoms with E-state index in [0.717, 1.165) is 24.9 Å². The Labute approximate surface area is 114 Å². The van der Waals surface area contributed by atoms with Gasteiger partial charge in [0.05, 0.1) is 0 Å². The lowest BCUT2D eigenvalue weighted by Gasteiger charge is -2.25. The molecule has 2 heteroatoms. The SMILES string of the molecule is Oc1ccccc1CNC1CCc2ccccc2C1. The number of fused-ring (bicyclic) bond motifs is 1. The van der Waals surface area contributed by atoms with Crippen LogP contribution in [-0.4, -0.2) is 11.1 Å². The molecular formula is C17H19NO. The van der Waals surface area contributed by atoms with Crippen LogP contribution in [0.3, 0.4) is 0 Å². The van der Waals surface area contributed by atoms with Crippen molar-refractivity contribution in [3.05, 3.63) is 65.2 Å². The zero-order valence-corrected chi connectivity index (χ0v) is 11.0. The second kappa shape index (κ2) is 5.45. The lowest BCUT2D eigenvalue weighted by Crippen LogP contribution is -2.34. The van der Waals surface area contributed by atoms with Crippen molar-refractivity contribution >= 4 is 0 Å². The van der Waals surface area contributed by atoms with Crippen LogP contribution in [0, 0.1) is 0 Å². The van der Waals surface area contributed by atoms with Crippen LogP contribution < -0.4 is 5.32 Å². The number of benzene rings is 2. The van der Waals surface area contributed by atoms with Crippen LogP contribution in [0.4, 0.5) is 0 Å². The fraction of sp³-hybridized carbons (Fsp3) is 0.294. The number of aromatic hydroxyl groups is 1. The molecule has 1 aliphatic rings. The van der Waals surface area contributed by atoms with E-state index in [2.05, 4.69) is 29.6 Å². The van der Waals surface area contributed by atoms with Gasteiger partial charge in [-0.05, 0) is 36.5 Å². The van der Waals surface area contributed by atoms with Gasteiger partial charge >= 0.3 is 0 Å². The molecule has 1 unspecified atom stereocenters. The van der Waals surface area contributed by atoms with Crippen LogP contribution in [0.25, 0.3) is 0 Å². The number of nitrogens with one attached hydrogen (secondary N) is 1. The standard InChI is InChI=1S/C17H19NO/c19-17-8-4-3-7-15(17)12-18-16-10-9-13-5-1-2-6-14(13)11-16/h1-8,16,18-19H,9-12H2. The first-order chi connectivity index (χ1) is 9.33. The topological polar surface area (TPSA) is 32.3 Å². The van der Waals surface area contributed by atoms with Crippen molar-refractivity contribution in [1.29, 1.82) is 0 Å². The van der Waals surface area contributed by atoms with E-state index in [4.69, 9.17) is 0 Å². The van der Waals surface area contributed by atoms with E-state index in [-0.39, 0.29) is 0 Å². The summed E-state index contributed by atoms with van der Waals surface area (Å²) in [6, 6.07) is 16.7. The van der Waals surface area contributed by atoms with Gasteiger partial charge < -0.3 is 10.4 Å². The molecule has 0 saturated heterocycles. The maximum Gasteiger partial charge on any atom is 0.120 e. The van der Waals surface area contributed by atoms with Crippen molar-refractivity contribution in [3.63, 3.8) is 0 Å². The molecule has 0 amide bonds. The molecule has 0 heterocycles. The highest BCUT2D eigenvalue weighted by Crippen LogP contribution is 2.22. The lowest BCUT2D eigenvalue weighted by molar-refractivity contribution is 0.437. The third-order valence-corrected chi connectivity index (χ3v) is 3.92. The van der Waals surface area contributed by atoms with Gasteiger partial charge in [-0.1, -0.05) is 42.5 Å². The van der Waals surface area contributed by atoms with E-state index in [9.17, 15) is 5.11 Å². The van der Waals surface area contributed by atoms with E-state index < -0.39 is 0 Å². The van der Waals surface area contributed by atoms with Crippen molar-refractivity contribution < 1.29 is 5.11 Å². The van der Waals surface area contributed by atoms with Crippen molar-refractivity contribution in [1.82, 2.24) is 5.32 Å². The second-order valence-corrected chi connectivity index (χ2v) is 5.22. The van der Waals surface area contributed by atoms with Crippen LogP contribution >= 0.6 is 0 Å². The third kappa shape index (κ3) is 2.79. The van der Waals surface area contributed by atoms with Crippen LogP contribution in [0.15, 0.2) is 48.5 Å². The average molecular weight is 253 g/mol. The quantitative estimate of drug-likeness (QED) is 0.881. The van der Waals surface area contributed by atoms with Gasteiger partial charge in [0.25, 0.3) is 0 Å². The summed E-state index contributed by atoms with van der Waals surface area (Å²) in [7, 11) is 0. The maximum absolute atomic E-state index is 9.76.